The Morgan fingerprint density at radius 1 is 1.36 bits per heavy atom. The van der Waals surface area contributed by atoms with Crippen LogP contribution in [0.5, 0.6) is 0 Å². The summed E-state index contributed by atoms with van der Waals surface area (Å²) in [5.74, 6) is 0. The van der Waals surface area contributed by atoms with Crippen molar-refractivity contribution < 1.29 is 0 Å². The molecule has 0 radical (unpaired) electrons. The number of rotatable bonds is 4. The highest BCUT2D eigenvalue weighted by molar-refractivity contribution is 5.37. The topological polar surface area (TPSA) is 35.8 Å². The SMILES string of the molecule is CC(C)NCCc1ccccc1C#N. The minimum absolute atomic E-state index is 0.504. The quantitative estimate of drug-likeness (QED) is 0.785. The zero-order valence-electron chi connectivity index (χ0n) is 8.75. The third-order valence-electron chi connectivity index (χ3n) is 2.08. The standard InChI is InChI=1S/C12H16N2/c1-10(2)14-8-7-11-5-3-4-6-12(11)9-13/h3-6,10,14H,7-8H2,1-2H3. The first-order valence-electron chi connectivity index (χ1n) is 4.95. The van der Waals surface area contributed by atoms with Crippen LogP contribution in [0.25, 0.3) is 0 Å². The van der Waals surface area contributed by atoms with Crippen LogP contribution in [0.1, 0.15) is 25.0 Å². The molecule has 74 valence electrons. The molecular weight excluding hydrogens is 172 g/mol. The van der Waals surface area contributed by atoms with Gasteiger partial charge in [0.15, 0.2) is 0 Å². The van der Waals surface area contributed by atoms with Gasteiger partial charge in [0.05, 0.1) is 11.6 Å². The molecule has 0 aliphatic carbocycles. The lowest BCUT2D eigenvalue weighted by molar-refractivity contribution is 0.590. The normalized spacial score (nSPS) is 10.1. The first-order valence-corrected chi connectivity index (χ1v) is 4.95. The van der Waals surface area contributed by atoms with E-state index >= 15 is 0 Å². The van der Waals surface area contributed by atoms with Gasteiger partial charge < -0.3 is 5.32 Å². The molecule has 0 bridgehead atoms. The second kappa shape index (κ2) is 5.41. The van der Waals surface area contributed by atoms with E-state index in [1.54, 1.807) is 0 Å². The van der Waals surface area contributed by atoms with Gasteiger partial charge in [-0.15, -0.1) is 0 Å². The second-order valence-corrected chi connectivity index (χ2v) is 3.63. The lowest BCUT2D eigenvalue weighted by Gasteiger charge is -2.08. The van der Waals surface area contributed by atoms with E-state index in [1.807, 2.05) is 24.3 Å². The van der Waals surface area contributed by atoms with Crippen LogP contribution < -0.4 is 5.32 Å². The van der Waals surface area contributed by atoms with Crippen LogP contribution in [-0.4, -0.2) is 12.6 Å². The number of hydrogen-bond donors (Lipinski definition) is 1. The van der Waals surface area contributed by atoms with E-state index in [4.69, 9.17) is 5.26 Å². The molecule has 1 aromatic carbocycles. The Balaban J connectivity index is 2.54. The molecule has 0 fully saturated rings. The Morgan fingerprint density at radius 3 is 2.71 bits per heavy atom. The van der Waals surface area contributed by atoms with Gasteiger partial charge in [-0.2, -0.15) is 5.26 Å². The molecule has 0 aliphatic heterocycles. The average molecular weight is 188 g/mol. The largest absolute Gasteiger partial charge is 0.314 e. The summed E-state index contributed by atoms with van der Waals surface area (Å²) in [6.45, 7) is 5.17. The highest BCUT2D eigenvalue weighted by atomic mass is 14.9. The number of hydrogen-bond acceptors (Lipinski definition) is 2. The monoisotopic (exact) mass is 188 g/mol. The molecule has 0 amide bonds. The van der Waals surface area contributed by atoms with Crippen molar-refractivity contribution in [1.82, 2.24) is 5.32 Å². The highest BCUT2D eigenvalue weighted by Gasteiger charge is 2.00. The van der Waals surface area contributed by atoms with Crippen LogP contribution in [0.15, 0.2) is 24.3 Å². The summed E-state index contributed by atoms with van der Waals surface area (Å²) in [5.41, 5.74) is 1.92. The van der Waals surface area contributed by atoms with Crippen molar-refractivity contribution in [3.05, 3.63) is 35.4 Å². The molecule has 2 heteroatoms. The molecule has 0 unspecified atom stereocenters. The molecule has 0 atom stereocenters. The molecule has 0 heterocycles. The number of nitrogens with zero attached hydrogens (tertiary/aromatic N) is 1. The van der Waals surface area contributed by atoms with Crippen LogP contribution in [0.3, 0.4) is 0 Å². The van der Waals surface area contributed by atoms with Gasteiger partial charge in [-0.05, 0) is 24.6 Å². The summed E-state index contributed by atoms with van der Waals surface area (Å²) in [5, 5.41) is 12.2. The fourth-order valence-electron chi connectivity index (χ4n) is 1.34. The molecule has 0 aliphatic rings. The molecule has 1 rings (SSSR count). The Labute approximate surface area is 85.6 Å². The van der Waals surface area contributed by atoms with E-state index in [0.29, 0.717) is 6.04 Å². The van der Waals surface area contributed by atoms with E-state index < -0.39 is 0 Å². The Kier molecular flexibility index (Phi) is 4.15. The van der Waals surface area contributed by atoms with Crippen molar-refractivity contribution in [1.29, 1.82) is 5.26 Å². The van der Waals surface area contributed by atoms with Gasteiger partial charge in [0, 0.05) is 6.04 Å². The fourth-order valence-corrected chi connectivity index (χ4v) is 1.34. The molecular formula is C12H16N2. The third-order valence-corrected chi connectivity index (χ3v) is 2.08. The summed E-state index contributed by atoms with van der Waals surface area (Å²) in [6, 6.07) is 10.5. The fraction of sp³-hybridized carbons (Fsp3) is 0.417. The van der Waals surface area contributed by atoms with Crippen LogP contribution >= 0.6 is 0 Å². The molecule has 2 nitrogen and oxygen atoms in total. The Morgan fingerprint density at radius 2 is 2.07 bits per heavy atom. The predicted molar refractivity (Wildman–Crippen MR) is 58.0 cm³/mol. The minimum Gasteiger partial charge on any atom is -0.314 e. The van der Waals surface area contributed by atoms with Crippen molar-refractivity contribution in [2.75, 3.05) is 6.54 Å². The second-order valence-electron chi connectivity index (χ2n) is 3.63. The van der Waals surface area contributed by atoms with Crippen molar-refractivity contribution in [2.45, 2.75) is 26.3 Å². The molecule has 0 aromatic heterocycles. The molecule has 0 saturated heterocycles. The lowest BCUT2D eigenvalue weighted by atomic mass is 10.1. The maximum atomic E-state index is 8.86. The summed E-state index contributed by atoms with van der Waals surface area (Å²) >= 11 is 0. The maximum Gasteiger partial charge on any atom is 0.0994 e. The van der Waals surface area contributed by atoms with Crippen molar-refractivity contribution in [2.24, 2.45) is 0 Å². The Bertz CT molecular complexity index is 323. The summed E-state index contributed by atoms with van der Waals surface area (Å²) in [6.07, 6.45) is 0.919. The van der Waals surface area contributed by atoms with Gasteiger partial charge in [0.25, 0.3) is 0 Å². The first kappa shape index (κ1) is 10.7. The first-order chi connectivity index (χ1) is 6.74. The summed E-state index contributed by atoms with van der Waals surface area (Å²) < 4.78 is 0. The molecule has 1 aromatic rings. The maximum absolute atomic E-state index is 8.86. The van der Waals surface area contributed by atoms with Gasteiger partial charge in [-0.1, -0.05) is 32.0 Å². The van der Waals surface area contributed by atoms with Gasteiger partial charge in [0.1, 0.15) is 0 Å². The minimum atomic E-state index is 0.504. The third kappa shape index (κ3) is 3.20. The molecule has 0 saturated carbocycles. The Hall–Kier alpha value is -1.33. The van der Waals surface area contributed by atoms with E-state index in [1.165, 1.54) is 0 Å². The van der Waals surface area contributed by atoms with Gasteiger partial charge in [-0.25, -0.2) is 0 Å². The van der Waals surface area contributed by atoms with Crippen LogP contribution in [0.2, 0.25) is 0 Å². The highest BCUT2D eigenvalue weighted by Crippen LogP contribution is 2.07. The predicted octanol–water partition coefficient (Wildman–Crippen LogP) is 2.10. The van der Waals surface area contributed by atoms with Crippen molar-refractivity contribution in [3.63, 3.8) is 0 Å². The lowest BCUT2D eigenvalue weighted by Crippen LogP contribution is -2.25. The number of benzene rings is 1. The van der Waals surface area contributed by atoms with Crippen molar-refractivity contribution >= 4 is 0 Å². The molecule has 1 N–H and O–H groups in total. The zero-order chi connectivity index (χ0) is 10.4. The molecule has 14 heavy (non-hydrogen) atoms. The van der Waals surface area contributed by atoms with E-state index in [0.717, 1.165) is 24.1 Å². The van der Waals surface area contributed by atoms with E-state index in [9.17, 15) is 0 Å². The van der Waals surface area contributed by atoms with Crippen LogP contribution in [-0.2, 0) is 6.42 Å². The van der Waals surface area contributed by atoms with Crippen molar-refractivity contribution in [3.8, 4) is 6.07 Å². The van der Waals surface area contributed by atoms with E-state index in [-0.39, 0.29) is 0 Å². The van der Waals surface area contributed by atoms with Crippen LogP contribution in [0, 0.1) is 11.3 Å². The van der Waals surface area contributed by atoms with E-state index in [2.05, 4.69) is 25.2 Å². The summed E-state index contributed by atoms with van der Waals surface area (Å²) in [7, 11) is 0. The van der Waals surface area contributed by atoms with Crippen LogP contribution in [0.4, 0.5) is 0 Å². The van der Waals surface area contributed by atoms with Gasteiger partial charge >= 0.3 is 0 Å². The number of nitriles is 1. The smallest absolute Gasteiger partial charge is 0.0994 e. The van der Waals surface area contributed by atoms with Gasteiger partial charge in [-0.3, -0.25) is 0 Å². The average Bonchev–Trinajstić information content (AvgIpc) is 2.18. The number of nitrogens with one attached hydrogen (secondary N) is 1. The molecule has 0 spiro atoms. The van der Waals surface area contributed by atoms with Gasteiger partial charge in [0.2, 0.25) is 0 Å². The zero-order valence-corrected chi connectivity index (χ0v) is 8.75. The summed E-state index contributed by atoms with van der Waals surface area (Å²) in [4.78, 5) is 0.